The quantitative estimate of drug-likeness (QED) is 0.191. The predicted octanol–water partition coefficient (Wildman–Crippen LogP) is 6.97. The molecule has 0 amide bonds. The van der Waals surface area contributed by atoms with Crippen molar-refractivity contribution in [2.24, 2.45) is 0 Å². The summed E-state index contributed by atoms with van der Waals surface area (Å²) in [5.74, 6) is 0.861. The van der Waals surface area contributed by atoms with Crippen LogP contribution < -0.4 is 0 Å². The molecule has 0 saturated heterocycles. The average molecular weight is 497 g/mol. The first-order valence-corrected chi connectivity index (χ1v) is 10.9. The lowest BCUT2D eigenvalue weighted by atomic mass is 10.0. The summed E-state index contributed by atoms with van der Waals surface area (Å²) in [4.78, 5) is 0. The van der Waals surface area contributed by atoms with E-state index >= 15 is 0 Å². The van der Waals surface area contributed by atoms with E-state index in [1.54, 1.807) is 0 Å². The molecule has 0 unspecified atom stereocenters. The van der Waals surface area contributed by atoms with E-state index in [0.717, 1.165) is 27.9 Å². The molecule has 142 valence electrons. The highest BCUT2D eigenvalue weighted by atomic mass is 127. The largest absolute Gasteiger partial charge is 0.274 e. The summed E-state index contributed by atoms with van der Waals surface area (Å²) in [5, 5.41) is 12.8. The third-order valence-corrected chi connectivity index (χ3v) is 6.22. The highest BCUT2D eigenvalue weighted by Gasteiger charge is 2.15. The molecule has 0 atom stereocenters. The van der Waals surface area contributed by atoms with E-state index in [-0.39, 0.29) is 0 Å². The molecule has 0 aliphatic rings. The van der Waals surface area contributed by atoms with E-state index < -0.39 is 0 Å². The van der Waals surface area contributed by atoms with Crippen LogP contribution in [-0.2, 0) is 0 Å². The minimum Gasteiger partial charge on any atom is -0.274 e. The van der Waals surface area contributed by atoms with Crippen molar-refractivity contribution >= 4 is 49.9 Å². The number of pyridine rings is 1. The number of benzene rings is 4. The van der Waals surface area contributed by atoms with E-state index in [1.807, 2.05) is 0 Å². The number of aromatic nitrogens is 3. The summed E-state index contributed by atoms with van der Waals surface area (Å²) in [6.45, 7) is 0. The van der Waals surface area contributed by atoms with Gasteiger partial charge >= 0.3 is 0 Å². The minimum absolute atomic E-state index is 0.861. The summed E-state index contributed by atoms with van der Waals surface area (Å²) >= 11 is 2.35. The van der Waals surface area contributed by atoms with Gasteiger partial charge in [0.2, 0.25) is 0 Å². The second-order valence-corrected chi connectivity index (χ2v) is 8.58. The van der Waals surface area contributed by atoms with Crippen LogP contribution in [0.25, 0.3) is 49.8 Å². The molecule has 4 aromatic carbocycles. The number of fused-ring (bicyclic) bond motifs is 6. The van der Waals surface area contributed by atoms with Crippen LogP contribution >= 0.6 is 22.6 Å². The molecule has 3 nitrogen and oxygen atoms in total. The lowest BCUT2D eigenvalue weighted by Gasteiger charge is -2.10. The molecule has 6 aromatic rings. The fourth-order valence-corrected chi connectivity index (χ4v) is 4.73. The summed E-state index contributed by atoms with van der Waals surface area (Å²) in [6.07, 6.45) is 0. The third-order valence-electron chi connectivity index (χ3n) is 5.54. The van der Waals surface area contributed by atoms with Crippen LogP contribution in [0.2, 0.25) is 0 Å². The minimum atomic E-state index is 0.861. The van der Waals surface area contributed by atoms with Gasteiger partial charge in [0, 0.05) is 19.9 Å². The SMILES string of the molecule is Ic1cccc(-c2cccc(-c3nnc4c5ccccc5c5ccccc5n34)c2)c1. The van der Waals surface area contributed by atoms with Gasteiger partial charge in [-0.3, -0.25) is 4.40 Å². The van der Waals surface area contributed by atoms with Gasteiger partial charge in [-0.2, -0.15) is 0 Å². The number of para-hydroxylation sites is 1. The molecule has 0 fully saturated rings. The Labute approximate surface area is 187 Å². The zero-order valence-corrected chi connectivity index (χ0v) is 18.1. The summed E-state index contributed by atoms with van der Waals surface area (Å²) in [7, 11) is 0. The van der Waals surface area contributed by atoms with E-state index in [1.165, 1.54) is 25.5 Å². The van der Waals surface area contributed by atoms with Crippen molar-refractivity contribution in [2.75, 3.05) is 0 Å². The van der Waals surface area contributed by atoms with Gasteiger partial charge < -0.3 is 0 Å². The van der Waals surface area contributed by atoms with Gasteiger partial charge in [0.25, 0.3) is 0 Å². The van der Waals surface area contributed by atoms with E-state index in [4.69, 9.17) is 0 Å². The zero-order chi connectivity index (χ0) is 20.1. The second-order valence-electron chi connectivity index (χ2n) is 7.34. The van der Waals surface area contributed by atoms with Gasteiger partial charge in [-0.15, -0.1) is 10.2 Å². The Morgan fingerprint density at radius 1 is 0.567 bits per heavy atom. The first kappa shape index (κ1) is 17.6. The summed E-state index contributed by atoms with van der Waals surface area (Å²) in [6, 6.07) is 34.0. The van der Waals surface area contributed by atoms with Crippen LogP contribution in [0.5, 0.6) is 0 Å². The first-order chi connectivity index (χ1) is 14.8. The van der Waals surface area contributed by atoms with Crippen molar-refractivity contribution < 1.29 is 0 Å². The third kappa shape index (κ3) is 2.71. The van der Waals surface area contributed by atoms with Crippen LogP contribution in [0.4, 0.5) is 0 Å². The molecule has 4 heteroatoms. The lowest BCUT2D eigenvalue weighted by Crippen LogP contribution is -1.94. The van der Waals surface area contributed by atoms with Gasteiger partial charge in [-0.1, -0.05) is 72.8 Å². The van der Waals surface area contributed by atoms with Crippen LogP contribution in [0.3, 0.4) is 0 Å². The van der Waals surface area contributed by atoms with Crippen LogP contribution in [0.1, 0.15) is 0 Å². The van der Waals surface area contributed by atoms with Gasteiger partial charge in [0.15, 0.2) is 11.5 Å². The van der Waals surface area contributed by atoms with Gasteiger partial charge in [0.05, 0.1) is 5.52 Å². The maximum absolute atomic E-state index is 4.63. The molecule has 0 bridgehead atoms. The van der Waals surface area contributed by atoms with Gasteiger partial charge in [-0.05, 0) is 63.4 Å². The molecule has 2 aromatic heterocycles. The van der Waals surface area contributed by atoms with E-state index in [2.05, 4.69) is 134 Å². The molecule has 0 spiro atoms. The topological polar surface area (TPSA) is 30.2 Å². The fourth-order valence-electron chi connectivity index (χ4n) is 4.19. The van der Waals surface area contributed by atoms with Crippen molar-refractivity contribution in [1.82, 2.24) is 14.6 Å². The highest BCUT2D eigenvalue weighted by molar-refractivity contribution is 14.1. The Morgan fingerprint density at radius 2 is 1.23 bits per heavy atom. The number of nitrogens with zero attached hydrogens (tertiary/aromatic N) is 3. The normalized spacial score (nSPS) is 11.5. The zero-order valence-electron chi connectivity index (χ0n) is 16.0. The standard InChI is InChI=1S/C26H16IN3/c27-20-10-6-8-18(16-20)17-7-5-9-19(15-17)25-28-29-26-23-13-2-1-11-21(23)22-12-3-4-14-24(22)30(25)26/h1-16H. The molecule has 0 radical (unpaired) electrons. The van der Waals surface area contributed by atoms with Crippen molar-refractivity contribution in [3.05, 3.63) is 101 Å². The number of hydrogen-bond acceptors (Lipinski definition) is 2. The maximum Gasteiger partial charge on any atom is 0.169 e. The average Bonchev–Trinajstić information content (AvgIpc) is 3.25. The molecule has 30 heavy (non-hydrogen) atoms. The fraction of sp³-hybridized carbons (Fsp3) is 0. The van der Waals surface area contributed by atoms with E-state index in [0.29, 0.717) is 0 Å². The summed E-state index contributed by atoms with van der Waals surface area (Å²) in [5.41, 5.74) is 5.44. The highest BCUT2D eigenvalue weighted by Crippen LogP contribution is 2.33. The van der Waals surface area contributed by atoms with Crippen LogP contribution in [0, 0.1) is 3.57 Å². The Kier molecular flexibility index (Phi) is 4.06. The molecular formula is C26H16IN3. The number of hydrogen-bond donors (Lipinski definition) is 0. The molecule has 6 rings (SSSR count). The molecule has 0 saturated carbocycles. The molecule has 0 aliphatic carbocycles. The Hall–Kier alpha value is -3.25. The van der Waals surface area contributed by atoms with E-state index in [9.17, 15) is 0 Å². The lowest BCUT2D eigenvalue weighted by molar-refractivity contribution is 1.12. The van der Waals surface area contributed by atoms with Crippen molar-refractivity contribution in [2.45, 2.75) is 0 Å². The number of rotatable bonds is 2. The summed E-state index contributed by atoms with van der Waals surface area (Å²) < 4.78 is 3.41. The Balaban J connectivity index is 1.66. The van der Waals surface area contributed by atoms with Crippen LogP contribution in [0.15, 0.2) is 97.1 Å². The Morgan fingerprint density at radius 3 is 2.07 bits per heavy atom. The maximum atomic E-state index is 4.63. The Bertz CT molecular complexity index is 1570. The predicted molar refractivity (Wildman–Crippen MR) is 132 cm³/mol. The van der Waals surface area contributed by atoms with Gasteiger partial charge in [-0.25, -0.2) is 0 Å². The van der Waals surface area contributed by atoms with Gasteiger partial charge in [0.1, 0.15) is 0 Å². The second kappa shape index (κ2) is 6.92. The molecular weight excluding hydrogens is 481 g/mol. The molecule has 0 N–H and O–H groups in total. The molecule has 2 heterocycles. The monoisotopic (exact) mass is 497 g/mol. The van der Waals surface area contributed by atoms with Crippen LogP contribution in [-0.4, -0.2) is 14.6 Å². The first-order valence-electron chi connectivity index (χ1n) is 9.80. The molecule has 0 aliphatic heterocycles. The smallest absolute Gasteiger partial charge is 0.169 e. The van der Waals surface area contributed by atoms with Crippen molar-refractivity contribution in [1.29, 1.82) is 0 Å². The number of halogens is 1. The van der Waals surface area contributed by atoms with Crippen molar-refractivity contribution in [3.63, 3.8) is 0 Å². The van der Waals surface area contributed by atoms with Crippen molar-refractivity contribution in [3.8, 4) is 22.5 Å².